The number of aromatic amines is 1. The average Bonchev–Trinajstić information content (AvgIpc) is 3.12. The number of rotatable bonds is 4. The topological polar surface area (TPSA) is 95.1 Å². The normalized spacial score (nSPS) is 17.2. The SMILES string of the molecule is Cc1nc(-c2c[nH]c(C(=O)NC3(C(=O)O)CCCCCC3)c2)cs1. The van der Waals surface area contributed by atoms with E-state index in [0.29, 0.717) is 18.5 Å². The summed E-state index contributed by atoms with van der Waals surface area (Å²) < 4.78 is 0. The first-order valence-electron chi connectivity index (χ1n) is 8.17. The molecule has 1 fully saturated rings. The van der Waals surface area contributed by atoms with Crippen molar-refractivity contribution < 1.29 is 14.7 Å². The van der Waals surface area contributed by atoms with Gasteiger partial charge in [0.1, 0.15) is 11.2 Å². The molecule has 2 heterocycles. The van der Waals surface area contributed by atoms with Crippen molar-refractivity contribution in [3.8, 4) is 11.3 Å². The minimum atomic E-state index is -1.16. The van der Waals surface area contributed by atoms with E-state index in [-0.39, 0.29) is 5.91 Å². The smallest absolute Gasteiger partial charge is 0.329 e. The molecule has 0 bridgehead atoms. The Balaban J connectivity index is 1.78. The van der Waals surface area contributed by atoms with Gasteiger partial charge in [-0.25, -0.2) is 9.78 Å². The van der Waals surface area contributed by atoms with E-state index in [1.165, 1.54) is 0 Å². The quantitative estimate of drug-likeness (QED) is 0.739. The molecule has 0 aliphatic heterocycles. The summed E-state index contributed by atoms with van der Waals surface area (Å²) in [5, 5.41) is 15.3. The van der Waals surface area contributed by atoms with E-state index in [0.717, 1.165) is 41.9 Å². The first-order chi connectivity index (χ1) is 11.5. The van der Waals surface area contributed by atoms with Crippen molar-refractivity contribution in [3.63, 3.8) is 0 Å². The number of hydrogen-bond donors (Lipinski definition) is 3. The van der Waals surface area contributed by atoms with Gasteiger partial charge in [-0.1, -0.05) is 25.7 Å². The Kier molecular flexibility index (Phi) is 4.71. The molecule has 0 radical (unpaired) electrons. The number of thiazole rings is 1. The Bertz CT molecular complexity index is 742. The molecular formula is C17H21N3O3S. The molecule has 2 aromatic rings. The molecule has 0 atom stereocenters. The van der Waals surface area contributed by atoms with Crippen LogP contribution in [0.4, 0.5) is 0 Å². The zero-order chi connectivity index (χ0) is 17.2. The standard InChI is InChI=1S/C17H21N3O3S/c1-11-19-14(10-24-11)12-8-13(18-9-12)15(21)20-17(16(22)23)6-4-2-3-5-7-17/h8-10,18H,2-7H2,1H3,(H,20,21)(H,22,23). The molecule has 1 saturated carbocycles. The molecule has 1 aliphatic carbocycles. The summed E-state index contributed by atoms with van der Waals surface area (Å²) in [5.74, 6) is -1.32. The number of amides is 1. The highest BCUT2D eigenvalue weighted by Gasteiger charge is 2.40. The van der Waals surface area contributed by atoms with Crippen LogP contribution < -0.4 is 5.32 Å². The number of carboxylic acids is 1. The van der Waals surface area contributed by atoms with E-state index in [1.807, 2.05) is 12.3 Å². The lowest BCUT2D eigenvalue weighted by molar-refractivity contribution is -0.145. The van der Waals surface area contributed by atoms with Gasteiger partial charge in [-0.2, -0.15) is 0 Å². The Morgan fingerprint density at radius 2 is 2.00 bits per heavy atom. The maximum atomic E-state index is 12.6. The first-order valence-corrected chi connectivity index (χ1v) is 9.05. The van der Waals surface area contributed by atoms with E-state index in [2.05, 4.69) is 15.3 Å². The highest BCUT2D eigenvalue weighted by Crippen LogP contribution is 2.28. The molecule has 6 nitrogen and oxygen atoms in total. The summed E-state index contributed by atoms with van der Waals surface area (Å²) in [6.45, 7) is 1.93. The van der Waals surface area contributed by atoms with E-state index >= 15 is 0 Å². The van der Waals surface area contributed by atoms with Gasteiger partial charge in [-0.15, -0.1) is 11.3 Å². The maximum absolute atomic E-state index is 12.6. The number of carboxylic acid groups (broad SMARTS) is 1. The second-order valence-electron chi connectivity index (χ2n) is 6.31. The highest BCUT2D eigenvalue weighted by molar-refractivity contribution is 7.09. The molecule has 128 valence electrons. The fraction of sp³-hybridized carbons (Fsp3) is 0.471. The van der Waals surface area contributed by atoms with Crippen LogP contribution in [0.1, 0.15) is 54.0 Å². The lowest BCUT2D eigenvalue weighted by Crippen LogP contribution is -2.54. The second kappa shape index (κ2) is 6.76. The van der Waals surface area contributed by atoms with Gasteiger partial charge in [-0.05, 0) is 25.8 Å². The van der Waals surface area contributed by atoms with Crippen LogP contribution in [0, 0.1) is 6.92 Å². The summed E-state index contributed by atoms with van der Waals surface area (Å²) in [7, 11) is 0. The molecule has 0 spiro atoms. The van der Waals surface area contributed by atoms with Gasteiger partial charge < -0.3 is 15.4 Å². The van der Waals surface area contributed by atoms with Gasteiger partial charge in [0.25, 0.3) is 5.91 Å². The molecule has 2 aromatic heterocycles. The molecule has 3 rings (SSSR count). The average molecular weight is 347 g/mol. The van der Waals surface area contributed by atoms with Crippen LogP contribution in [0.3, 0.4) is 0 Å². The van der Waals surface area contributed by atoms with Crippen molar-refractivity contribution in [1.29, 1.82) is 0 Å². The highest BCUT2D eigenvalue weighted by atomic mass is 32.1. The summed E-state index contributed by atoms with van der Waals surface area (Å²) in [6, 6.07) is 1.72. The van der Waals surface area contributed by atoms with Gasteiger partial charge in [0.05, 0.1) is 10.7 Å². The predicted octanol–water partition coefficient (Wildman–Crippen LogP) is 3.35. The molecule has 0 unspecified atom stereocenters. The number of nitrogens with one attached hydrogen (secondary N) is 2. The van der Waals surface area contributed by atoms with Gasteiger partial charge in [0, 0.05) is 17.1 Å². The van der Waals surface area contributed by atoms with Crippen LogP contribution in [0.15, 0.2) is 17.6 Å². The summed E-state index contributed by atoms with van der Waals surface area (Å²) >= 11 is 1.55. The second-order valence-corrected chi connectivity index (χ2v) is 7.37. The zero-order valence-electron chi connectivity index (χ0n) is 13.6. The molecule has 0 aromatic carbocycles. The fourth-order valence-electron chi connectivity index (χ4n) is 3.18. The summed E-state index contributed by atoms with van der Waals surface area (Å²) in [5.41, 5.74) is 0.848. The van der Waals surface area contributed by atoms with E-state index < -0.39 is 11.5 Å². The number of aryl methyl sites for hydroxylation is 1. The van der Waals surface area contributed by atoms with Gasteiger partial charge >= 0.3 is 5.97 Å². The molecule has 0 saturated heterocycles. The van der Waals surface area contributed by atoms with Gasteiger partial charge in [-0.3, -0.25) is 4.79 Å². The Morgan fingerprint density at radius 1 is 1.29 bits per heavy atom. The Morgan fingerprint density at radius 3 is 2.58 bits per heavy atom. The summed E-state index contributed by atoms with van der Waals surface area (Å²) in [6.07, 6.45) is 6.35. The molecule has 3 N–H and O–H groups in total. The lowest BCUT2D eigenvalue weighted by atomic mass is 9.90. The minimum Gasteiger partial charge on any atom is -0.480 e. The Labute approximate surface area is 144 Å². The van der Waals surface area contributed by atoms with Crippen molar-refractivity contribution >= 4 is 23.2 Å². The largest absolute Gasteiger partial charge is 0.480 e. The number of aliphatic carboxylic acids is 1. The first kappa shape index (κ1) is 16.7. The Hall–Kier alpha value is -2.15. The van der Waals surface area contributed by atoms with Crippen molar-refractivity contribution in [2.45, 2.75) is 51.0 Å². The molecule has 1 aliphatic rings. The molecule has 1 amide bonds. The molecule has 7 heteroatoms. The van der Waals surface area contributed by atoms with Crippen molar-refractivity contribution in [2.24, 2.45) is 0 Å². The number of carbonyl (C=O) groups excluding carboxylic acids is 1. The van der Waals surface area contributed by atoms with Crippen LogP contribution >= 0.6 is 11.3 Å². The zero-order valence-corrected chi connectivity index (χ0v) is 14.4. The number of carbonyl (C=O) groups is 2. The lowest BCUT2D eigenvalue weighted by Gasteiger charge is -2.29. The maximum Gasteiger partial charge on any atom is 0.329 e. The minimum absolute atomic E-state index is 0.362. The van der Waals surface area contributed by atoms with Crippen LogP contribution in [-0.2, 0) is 4.79 Å². The van der Waals surface area contributed by atoms with Crippen LogP contribution in [0.25, 0.3) is 11.3 Å². The van der Waals surface area contributed by atoms with Crippen molar-refractivity contribution in [3.05, 3.63) is 28.3 Å². The van der Waals surface area contributed by atoms with E-state index in [1.54, 1.807) is 23.6 Å². The summed E-state index contributed by atoms with van der Waals surface area (Å²) in [4.78, 5) is 31.7. The van der Waals surface area contributed by atoms with Crippen molar-refractivity contribution in [2.75, 3.05) is 0 Å². The predicted molar refractivity (Wildman–Crippen MR) is 92.2 cm³/mol. The third-order valence-corrected chi connectivity index (χ3v) is 5.34. The molecular weight excluding hydrogens is 326 g/mol. The van der Waals surface area contributed by atoms with E-state index in [4.69, 9.17) is 0 Å². The third-order valence-electron chi connectivity index (χ3n) is 4.56. The van der Waals surface area contributed by atoms with Crippen LogP contribution in [0.2, 0.25) is 0 Å². The van der Waals surface area contributed by atoms with Gasteiger partial charge in [0.2, 0.25) is 0 Å². The third kappa shape index (κ3) is 3.36. The number of nitrogens with zero attached hydrogens (tertiary/aromatic N) is 1. The fourth-order valence-corrected chi connectivity index (χ4v) is 3.80. The van der Waals surface area contributed by atoms with Crippen LogP contribution in [-0.4, -0.2) is 32.5 Å². The monoisotopic (exact) mass is 347 g/mol. The number of H-pyrrole nitrogens is 1. The van der Waals surface area contributed by atoms with Gasteiger partial charge in [0.15, 0.2) is 0 Å². The van der Waals surface area contributed by atoms with Crippen molar-refractivity contribution in [1.82, 2.24) is 15.3 Å². The number of hydrogen-bond acceptors (Lipinski definition) is 4. The van der Waals surface area contributed by atoms with Crippen LogP contribution in [0.5, 0.6) is 0 Å². The van der Waals surface area contributed by atoms with E-state index in [9.17, 15) is 14.7 Å². The number of aromatic nitrogens is 2. The molecule has 24 heavy (non-hydrogen) atoms.